The van der Waals surface area contributed by atoms with E-state index >= 15 is 0 Å². The highest BCUT2D eigenvalue weighted by atomic mass is 79.9. The maximum absolute atomic E-state index is 6.06. The van der Waals surface area contributed by atoms with Gasteiger partial charge in [-0.25, -0.2) is 0 Å². The molecule has 0 aliphatic rings. The average Bonchev–Trinajstić information content (AvgIpc) is 2.24. The van der Waals surface area contributed by atoms with E-state index in [0.717, 1.165) is 34.7 Å². The molecule has 0 fully saturated rings. The molecule has 0 radical (unpaired) electrons. The zero-order valence-corrected chi connectivity index (χ0v) is 11.3. The highest BCUT2D eigenvalue weighted by molar-refractivity contribution is 9.08. The van der Waals surface area contributed by atoms with Crippen molar-refractivity contribution in [2.24, 2.45) is 0 Å². The Morgan fingerprint density at radius 3 is 2.80 bits per heavy atom. The lowest BCUT2D eigenvalue weighted by molar-refractivity contribution is 0.304. The first-order chi connectivity index (χ1) is 7.29. The van der Waals surface area contributed by atoms with Crippen LogP contribution in [0.15, 0.2) is 18.2 Å². The lowest BCUT2D eigenvalue weighted by atomic mass is 10.2. The van der Waals surface area contributed by atoms with E-state index < -0.39 is 0 Å². The fraction of sp³-hybridized carbons (Fsp3) is 0.500. The van der Waals surface area contributed by atoms with E-state index in [1.807, 2.05) is 18.2 Å². The fourth-order valence-electron chi connectivity index (χ4n) is 1.34. The smallest absolute Gasteiger partial charge is 0.124 e. The summed E-state index contributed by atoms with van der Waals surface area (Å²) in [6, 6.07) is 5.77. The number of alkyl halides is 1. The third-order valence-corrected chi connectivity index (χ3v) is 3.13. The molecule has 0 heterocycles. The summed E-state index contributed by atoms with van der Waals surface area (Å²) >= 11 is 9.48. The quantitative estimate of drug-likeness (QED) is 0.540. The number of halogens is 2. The van der Waals surface area contributed by atoms with Crippen molar-refractivity contribution in [2.45, 2.75) is 31.5 Å². The first-order valence-corrected chi connectivity index (χ1v) is 6.75. The number of ether oxygens (including phenoxy) is 1. The summed E-state index contributed by atoms with van der Waals surface area (Å²) in [6.45, 7) is 2.96. The van der Waals surface area contributed by atoms with Gasteiger partial charge in [0.15, 0.2) is 0 Å². The van der Waals surface area contributed by atoms with Crippen molar-refractivity contribution in [1.82, 2.24) is 0 Å². The minimum absolute atomic E-state index is 0.732. The summed E-state index contributed by atoms with van der Waals surface area (Å²) in [4.78, 5) is 0. The van der Waals surface area contributed by atoms with Gasteiger partial charge in [-0.1, -0.05) is 53.4 Å². The minimum Gasteiger partial charge on any atom is -0.493 e. The highest BCUT2D eigenvalue weighted by Crippen LogP contribution is 2.28. The fourth-order valence-corrected chi connectivity index (χ4v) is 2.31. The van der Waals surface area contributed by atoms with Crippen LogP contribution in [-0.4, -0.2) is 6.61 Å². The second kappa shape index (κ2) is 7.13. The van der Waals surface area contributed by atoms with E-state index in [-0.39, 0.29) is 0 Å². The van der Waals surface area contributed by atoms with Crippen LogP contribution in [0.1, 0.15) is 31.7 Å². The minimum atomic E-state index is 0.732. The van der Waals surface area contributed by atoms with Crippen molar-refractivity contribution >= 4 is 27.5 Å². The van der Waals surface area contributed by atoms with E-state index in [0.29, 0.717) is 0 Å². The number of hydrogen-bond donors (Lipinski definition) is 0. The van der Waals surface area contributed by atoms with Gasteiger partial charge in [0.25, 0.3) is 0 Å². The van der Waals surface area contributed by atoms with E-state index in [1.165, 1.54) is 12.8 Å². The normalized spacial score (nSPS) is 10.3. The standard InChI is InChI=1S/C12H16BrClO/c1-2-3-4-8-15-12-7-5-6-11(14)10(12)9-13/h5-7H,2-4,8-9H2,1H3. The van der Waals surface area contributed by atoms with E-state index in [2.05, 4.69) is 22.9 Å². The molecule has 0 spiro atoms. The lowest BCUT2D eigenvalue weighted by Crippen LogP contribution is -1.99. The number of benzene rings is 1. The molecule has 84 valence electrons. The molecule has 0 bridgehead atoms. The first-order valence-electron chi connectivity index (χ1n) is 5.25. The first kappa shape index (κ1) is 12.9. The second-order valence-electron chi connectivity index (χ2n) is 3.41. The molecular formula is C12H16BrClO. The van der Waals surface area contributed by atoms with Crippen LogP contribution in [0.25, 0.3) is 0 Å². The third-order valence-electron chi connectivity index (χ3n) is 2.21. The Bertz CT molecular complexity index is 302. The average molecular weight is 292 g/mol. The Hall–Kier alpha value is -0.210. The molecule has 0 saturated carbocycles. The van der Waals surface area contributed by atoms with Crippen LogP contribution in [0, 0.1) is 0 Å². The molecule has 0 amide bonds. The predicted molar refractivity (Wildman–Crippen MR) is 69.1 cm³/mol. The largest absolute Gasteiger partial charge is 0.493 e. The molecule has 1 aromatic carbocycles. The number of unbranched alkanes of at least 4 members (excludes halogenated alkanes) is 2. The topological polar surface area (TPSA) is 9.23 Å². The van der Waals surface area contributed by atoms with Crippen molar-refractivity contribution in [3.63, 3.8) is 0 Å². The summed E-state index contributed by atoms with van der Waals surface area (Å²) < 4.78 is 5.70. The van der Waals surface area contributed by atoms with Gasteiger partial charge in [-0.05, 0) is 18.6 Å². The molecule has 1 nitrogen and oxygen atoms in total. The molecule has 0 saturated heterocycles. The Kier molecular flexibility index (Phi) is 6.11. The van der Waals surface area contributed by atoms with Gasteiger partial charge >= 0.3 is 0 Å². The van der Waals surface area contributed by atoms with Gasteiger partial charge in [0, 0.05) is 15.9 Å². The SMILES string of the molecule is CCCCCOc1cccc(Cl)c1CBr. The summed E-state index contributed by atoms with van der Waals surface area (Å²) in [6.07, 6.45) is 3.53. The molecule has 0 N–H and O–H groups in total. The number of rotatable bonds is 6. The Morgan fingerprint density at radius 1 is 1.33 bits per heavy atom. The van der Waals surface area contributed by atoms with E-state index in [1.54, 1.807) is 0 Å². The van der Waals surface area contributed by atoms with Crippen molar-refractivity contribution < 1.29 is 4.74 Å². The van der Waals surface area contributed by atoms with Crippen LogP contribution in [0.2, 0.25) is 5.02 Å². The molecule has 0 aliphatic carbocycles. The molecular weight excluding hydrogens is 275 g/mol. The van der Waals surface area contributed by atoms with Gasteiger partial charge in [-0.15, -0.1) is 0 Å². The van der Waals surface area contributed by atoms with Crippen molar-refractivity contribution in [3.05, 3.63) is 28.8 Å². The molecule has 0 aliphatic heterocycles. The summed E-state index contributed by atoms with van der Waals surface area (Å²) in [5.41, 5.74) is 1.04. The van der Waals surface area contributed by atoms with Crippen LogP contribution in [0.5, 0.6) is 5.75 Å². The predicted octanol–water partition coefficient (Wildman–Crippen LogP) is 4.80. The molecule has 0 atom stereocenters. The van der Waals surface area contributed by atoms with Gasteiger partial charge in [0.05, 0.1) is 6.61 Å². The van der Waals surface area contributed by atoms with Crippen molar-refractivity contribution in [2.75, 3.05) is 6.61 Å². The summed E-state index contributed by atoms with van der Waals surface area (Å²) in [5.74, 6) is 0.899. The van der Waals surface area contributed by atoms with Gasteiger partial charge in [-0.2, -0.15) is 0 Å². The Labute approximate surface area is 105 Å². The maximum atomic E-state index is 6.06. The van der Waals surface area contributed by atoms with Gasteiger partial charge in [0.1, 0.15) is 5.75 Å². The van der Waals surface area contributed by atoms with Crippen molar-refractivity contribution in [3.8, 4) is 5.75 Å². The van der Waals surface area contributed by atoms with Gasteiger partial charge in [-0.3, -0.25) is 0 Å². The van der Waals surface area contributed by atoms with E-state index in [9.17, 15) is 0 Å². The summed E-state index contributed by atoms with van der Waals surface area (Å²) in [7, 11) is 0. The molecule has 15 heavy (non-hydrogen) atoms. The van der Waals surface area contributed by atoms with Crippen LogP contribution in [-0.2, 0) is 5.33 Å². The molecule has 1 rings (SSSR count). The zero-order chi connectivity index (χ0) is 11.1. The van der Waals surface area contributed by atoms with Crippen LogP contribution >= 0.6 is 27.5 Å². The Balaban J connectivity index is 2.56. The number of hydrogen-bond acceptors (Lipinski definition) is 1. The molecule has 0 aromatic heterocycles. The molecule has 0 unspecified atom stereocenters. The summed E-state index contributed by atoms with van der Waals surface area (Å²) in [5, 5.41) is 1.50. The van der Waals surface area contributed by atoms with Crippen molar-refractivity contribution in [1.29, 1.82) is 0 Å². The monoisotopic (exact) mass is 290 g/mol. The lowest BCUT2D eigenvalue weighted by Gasteiger charge is -2.10. The highest BCUT2D eigenvalue weighted by Gasteiger charge is 2.06. The van der Waals surface area contributed by atoms with Crippen LogP contribution in [0.3, 0.4) is 0 Å². The molecule has 1 aromatic rings. The third kappa shape index (κ3) is 4.04. The van der Waals surface area contributed by atoms with Crippen LogP contribution < -0.4 is 4.74 Å². The van der Waals surface area contributed by atoms with Crippen LogP contribution in [0.4, 0.5) is 0 Å². The van der Waals surface area contributed by atoms with E-state index in [4.69, 9.17) is 16.3 Å². The van der Waals surface area contributed by atoms with Gasteiger partial charge in [0.2, 0.25) is 0 Å². The Morgan fingerprint density at radius 2 is 2.13 bits per heavy atom. The molecule has 3 heteroatoms. The zero-order valence-electron chi connectivity index (χ0n) is 8.93. The van der Waals surface area contributed by atoms with Gasteiger partial charge < -0.3 is 4.74 Å². The second-order valence-corrected chi connectivity index (χ2v) is 4.37. The maximum Gasteiger partial charge on any atom is 0.124 e.